The fourth-order valence-corrected chi connectivity index (χ4v) is 1.20. The normalized spacial score (nSPS) is 11.2. The minimum absolute atomic E-state index is 0.124. The molecule has 0 atom stereocenters. The van der Waals surface area contributed by atoms with Crippen LogP contribution in [0.4, 0.5) is 0 Å². The molecule has 2 heteroatoms. The van der Waals surface area contributed by atoms with Gasteiger partial charge in [0.05, 0.1) is 6.42 Å². The highest BCUT2D eigenvalue weighted by Crippen LogP contribution is 2.24. The molecule has 0 saturated heterocycles. The molecule has 0 aromatic heterocycles. The number of carbonyl (C=O) groups is 1. The largest absolute Gasteiger partial charge is 0.426 e. The van der Waals surface area contributed by atoms with Crippen LogP contribution in [0, 0.1) is 6.42 Å². The van der Waals surface area contributed by atoms with Crippen molar-refractivity contribution in [3.05, 3.63) is 36.2 Å². The van der Waals surface area contributed by atoms with Crippen molar-refractivity contribution in [2.75, 3.05) is 0 Å². The number of ether oxygens (including phenoxy) is 1. The second-order valence-corrected chi connectivity index (χ2v) is 4.48. The third kappa shape index (κ3) is 3.39. The molecule has 1 aromatic rings. The lowest BCUT2D eigenvalue weighted by Crippen LogP contribution is -2.11. The maximum atomic E-state index is 11.0. The molecule has 0 bridgehead atoms. The van der Waals surface area contributed by atoms with E-state index in [1.165, 1.54) is 12.0 Å². The van der Waals surface area contributed by atoms with Crippen molar-refractivity contribution in [1.82, 2.24) is 0 Å². The van der Waals surface area contributed by atoms with Crippen molar-refractivity contribution >= 4 is 5.97 Å². The van der Waals surface area contributed by atoms with E-state index in [4.69, 9.17) is 4.74 Å². The fourth-order valence-electron chi connectivity index (χ4n) is 1.20. The molecule has 0 aliphatic rings. The average Bonchev–Trinajstić information content (AvgIpc) is 2.17. The van der Waals surface area contributed by atoms with E-state index in [-0.39, 0.29) is 11.4 Å². The average molecular weight is 205 g/mol. The van der Waals surface area contributed by atoms with Crippen molar-refractivity contribution in [1.29, 1.82) is 0 Å². The Morgan fingerprint density at radius 1 is 1.20 bits per heavy atom. The topological polar surface area (TPSA) is 26.3 Å². The number of hydrogen-bond acceptors (Lipinski definition) is 2. The summed E-state index contributed by atoms with van der Waals surface area (Å²) >= 11 is 0. The third-order valence-electron chi connectivity index (χ3n) is 2.17. The molecule has 0 heterocycles. The van der Waals surface area contributed by atoms with Crippen LogP contribution >= 0.6 is 0 Å². The fraction of sp³-hybridized carbons (Fsp3) is 0.385. The van der Waals surface area contributed by atoms with Crippen LogP contribution in [0.5, 0.6) is 5.75 Å². The lowest BCUT2D eigenvalue weighted by Gasteiger charge is -2.18. The minimum atomic E-state index is -0.321. The summed E-state index contributed by atoms with van der Waals surface area (Å²) in [6, 6.07) is 7.61. The molecule has 2 nitrogen and oxygen atoms in total. The first-order valence-corrected chi connectivity index (χ1v) is 5.05. The molecule has 0 amide bonds. The van der Waals surface area contributed by atoms with E-state index in [2.05, 4.69) is 20.8 Å². The Labute approximate surface area is 91.3 Å². The maximum absolute atomic E-state index is 11.0. The zero-order valence-electron chi connectivity index (χ0n) is 9.70. The highest BCUT2D eigenvalue weighted by Gasteiger charge is 2.13. The monoisotopic (exact) mass is 205 g/mol. The molecular formula is C13H17O2. The van der Waals surface area contributed by atoms with E-state index in [0.29, 0.717) is 5.75 Å². The van der Waals surface area contributed by atoms with Gasteiger partial charge >= 0.3 is 5.97 Å². The molecule has 15 heavy (non-hydrogen) atoms. The zero-order chi connectivity index (χ0) is 11.5. The second kappa shape index (κ2) is 4.47. The van der Waals surface area contributed by atoms with Gasteiger partial charge in [0.25, 0.3) is 0 Å². The Morgan fingerprint density at radius 3 is 2.13 bits per heavy atom. The molecule has 0 N–H and O–H groups in total. The first-order chi connectivity index (χ1) is 6.93. The smallest absolute Gasteiger partial charge is 0.314 e. The lowest BCUT2D eigenvalue weighted by molar-refractivity contribution is -0.130. The zero-order valence-corrected chi connectivity index (χ0v) is 9.70. The van der Waals surface area contributed by atoms with Crippen LogP contribution in [0.1, 0.15) is 33.3 Å². The molecular weight excluding hydrogens is 188 g/mol. The molecule has 1 aromatic carbocycles. The van der Waals surface area contributed by atoms with E-state index in [0.717, 1.165) is 0 Å². The maximum Gasteiger partial charge on any atom is 0.314 e. The number of esters is 1. The second-order valence-electron chi connectivity index (χ2n) is 4.48. The van der Waals surface area contributed by atoms with Crippen molar-refractivity contribution in [2.45, 2.75) is 33.1 Å². The standard InChI is InChI=1S/C13H17O2/c1-5-12(14)15-11-8-6-10(7-9-11)13(2,3)4/h5-9H,1-4H3. The van der Waals surface area contributed by atoms with Crippen molar-refractivity contribution in [3.8, 4) is 5.75 Å². The van der Waals surface area contributed by atoms with Gasteiger partial charge in [-0.1, -0.05) is 39.8 Å². The van der Waals surface area contributed by atoms with Crippen molar-refractivity contribution in [2.24, 2.45) is 0 Å². The predicted octanol–water partition coefficient (Wildman–Crippen LogP) is 3.11. The van der Waals surface area contributed by atoms with Gasteiger partial charge in [0, 0.05) is 0 Å². The van der Waals surface area contributed by atoms with Gasteiger partial charge in [-0.25, -0.2) is 0 Å². The Hall–Kier alpha value is -1.31. The van der Waals surface area contributed by atoms with Crippen LogP contribution < -0.4 is 4.74 Å². The highest BCUT2D eigenvalue weighted by molar-refractivity contribution is 5.80. The molecule has 1 rings (SSSR count). The van der Waals surface area contributed by atoms with E-state index >= 15 is 0 Å². The van der Waals surface area contributed by atoms with Gasteiger partial charge in [-0.05, 0) is 23.1 Å². The lowest BCUT2D eigenvalue weighted by atomic mass is 9.87. The van der Waals surface area contributed by atoms with Gasteiger partial charge in [-0.2, -0.15) is 0 Å². The SMILES string of the molecule is C[CH]C(=O)Oc1ccc(C(C)(C)C)cc1. The first-order valence-electron chi connectivity index (χ1n) is 5.05. The number of hydrogen-bond donors (Lipinski definition) is 0. The van der Waals surface area contributed by atoms with Gasteiger partial charge in [0.2, 0.25) is 0 Å². The van der Waals surface area contributed by atoms with E-state index < -0.39 is 0 Å². The Kier molecular flexibility index (Phi) is 3.51. The number of carbonyl (C=O) groups excluding carboxylic acids is 1. The predicted molar refractivity (Wildman–Crippen MR) is 60.8 cm³/mol. The van der Waals surface area contributed by atoms with Gasteiger partial charge in [0.15, 0.2) is 0 Å². The summed E-state index contributed by atoms with van der Waals surface area (Å²) in [5, 5.41) is 0. The van der Waals surface area contributed by atoms with Crippen LogP contribution in [0.3, 0.4) is 0 Å². The Morgan fingerprint density at radius 2 is 1.73 bits per heavy atom. The van der Waals surface area contributed by atoms with Crippen molar-refractivity contribution < 1.29 is 9.53 Å². The first kappa shape index (κ1) is 11.8. The summed E-state index contributed by atoms with van der Waals surface area (Å²) in [6.07, 6.45) is 1.40. The molecule has 1 radical (unpaired) electrons. The van der Waals surface area contributed by atoms with Crippen LogP contribution in [0.2, 0.25) is 0 Å². The molecule has 0 aliphatic carbocycles. The van der Waals surface area contributed by atoms with Crippen LogP contribution in [0.15, 0.2) is 24.3 Å². The highest BCUT2D eigenvalue weighted by atomic mass is 16.5. The molecule has 81 valence electrons. The molecule has 0 aliphatic heterocycles. The van der Waals surface area contributed by atoms with Crippen LogP contribution in [0.25, 0.3) is 0 Å². The van der Waals surface area contributed by atoms with E-state index in [9.17, 15) is 4.79 Å². The summed E-state index contributed by atoms with van der Waals surface area (Å²) in [6.45, 7) is 8.10. The van der Waals surface area contributed by atoms with Gasteiger partial charge in [-0.15, -0.1) is 0 Å². The quantitative estimate of drug-likeness (QED) is 0.547. The summed E-state index contributed by atoms with van der Waals surface area (Å²) in [7, 11) is 0. The van der Waals surface area contributed by atoms with E-state index in [1.807, 2.05) is 24.3 Å². The summed E-state index contributed by atoms with van der Waals surface area (Å²) < 4.78 is 5.04. The summed E-state index contributed by atoms with van der Waals surface area (Å²) in [5.74, 6) is 0.268. The molecule has 0 unspecified atom stereocenters. The Bertz CT molecular complexity index is 331. The molecule has 0 spiro atoms. The van der Waals surface area contributed by atoms with E-state index in [1.54, 1.807) is 6.92 Å². The number of benzene rings is 1. The van der Waals surface area contributed by atoms with Gasteiger partial charge < -0.3 is 4.74 Å². The molecule has 0 fully saturated rings. The van der Waals surface area contributed by atoms with Gasteiger partial charge in [0.1, 0.15) is 5.75 Å². The Balaban J connectivity index is 2.77. The summed E-state index contributed by atoms with van der Waals surface area (Å²) in [5.41, 5.74) is 1.35. The van der Waals surface area contributed by atoms with Crippen LogP contribution in [-0.2, 0) is 10.2 Å². The van der Waals surface area contributed by atoms with Gasteiger partial charge in [-0.3, -0.25) is 4.79 Å². The number of rotatable bonds is 2. The summed E-state index contributed by atoms with van der Waals surface area (Å²) in [4.78, 5) is 11.0. The van der Waals surface area contributed by atoms with Crippen molar-refractivity contribution in [3.63, 3.8) is 0 Å². The van der Waals surface area contributed by atoms with Crippen LogP contribution in [-0.4, -0.2) is 5.97 Å². The minimum Gasteiger partial charge on any atom is -0.426 e. The third-order valence-corrected chi connectivity index (χ3v) is 2.17. The molecule has 0 saturated carbocycles.